The predicted octanol–water partition coefficient (Wildman–Crippen LogP) is 3.63. The van der Waals surface area contributed by atoms with Crippen LogP contribution in [0.3, 0.4) is 0 Å². The maximum Gasteiger partial charge on any atom is 0.324 e. The van der Waals surface area contributed by atoms with Gasteiger partial charge in [-0.2, -0.15) is 0 Å². The van der Waals surface area contributed by atoms with Gasteiger partial charge in [-0.1, -0.05) is 48.5 Å². The molecule has 1 N–H and O–H groups in total. The number of rotatable bonds is 9. The molecule has 3 rings (SSSR count). The van der Waals surface area contributed by atoms with Gasteiger partial charge < -0.3 is 5.11 Å². The van der Waals surface area contributed by atoms with Gasteiger partial charge in [0.05, 0.1) is 20.6 Å². The first kappa shape index (κ1) is 24.5. The molecular formula is C22H20FNO7S2. The Morgan fingerprint density at radius 3 is 1.76 bits per heavy atom. The Morgan fingerprint density at radius 2 is 1.33 bits per heavy atom. The van der Waals surface area contributed by atoms with Crippen LogP contribution in [0.15, 0.2) is 94.7 Å². The first-order valence-electron chi connectivity index (χ1n) is 9.71. The summed E-state index contributed by atoms with van der Waals surface area (Å²) in [5.74, 6) is -1.97. The molecule has 0 aliphatic carbocycles. The number of aliphatic hydroxyl groups excluding tert-OH is 1. The summed E-state index contributed by atoms with van der Waals surface area (Å²) in [5, 5.41) is 20.9. The van der Waals surface area contributed by atoms with Crippen LogP contribution in [0.25, 0.3) is 0 Å². The highest BCUT2D eigenvalue weighted by molar-refractivity contribution is 8.10. The van der Waals surface area contributed by atoms with E-state index in [0.717, 1.165) is 36.4 Å². The highest BCUT2D eigenvalue weighted by atomic mass is 32.3. The fraction of sp³-hybridized carbons (Fsp3) is 0.182. The number of halogens is 1. The largest absolute Gasteiger partial charge is 0.396 e. The molecule has 0 spiro atoms. The quantitative estimate of drug-likeness (QED) is 0.356. The number of nitrogens with zero attached hydrogens (tertiary/aromatic N) is 1. The standard InChI is InChI=1S/C22H20FNO7S2/c23-22(32(28,29)19-10-3-1-4-11-19,33(30,31)20-12-5-2-6-13-20)21(14-15-25)17-8-7-9-18(16-17)24(26)27/h1-13,16,21,25H,14-15H2/t21-/m0/s1. The van der Waals surface area contributed by atoms with E-state index in [0.29, 0.717) is 0 Å². The van der Waals surface area contributed by atoms with Crippen LogP contribution in [0.5, 0.6) is 0 Å². The molecule has 174 valence electrons. The number of sulfone groups is 2. The molecule has 1 atom stereocenters. The second kappa shape index (κ2) is 9.38. The van der Waals surface area contributed by atoms with Crippen molar-refractivity contribution in [3.8, 4) is 0 Å². The molecule has 0 fully saturated rings. The third-order valence-corrected chi connectivity index (χ3v) is 10.3. The molecular weight excluding hydrogens is 473 g/mol. The monoisotopic (exact) mass is 493 g/mol. The molecule has 0 saturated carbocycles. The fourth-order valence-electron chi connectivity index (χ4n) is 3.56. The van der Waals surface area contributed by atoms with Crippen molar-refractivity contribution in [3.63, 3.8) is 0 Å². The molecule has 0 saturated heterocycles. The Balaban J connectivity index is 2.39. The van der Waals surface area contributed by atoms with Gasteiger partial charge in [-0.25, -0.2) is 21.2 Å². The maximum absolute atomic E-state index is 17.1. The Bertz CT molecular complexity index is 1280. The van der Waals surface area contributed by atoms with Gasteiger partial charge in [0, 0.05) is 18.7 Å². The van der Waals surface area contributed by atoms with E-state index in [4.69, 9.17) is 0 Å². The minimum atomic E-state index is -5.24. The first-order valence-corrected chi connectivity index (χ1v) is 12.7. The number of nitro groups is 1. The SMILES string of the molecule is O=[N+]([O-])c1cccc([C@H](CCO)C(F)(S(=O)(=O)c2ccccc2)S(=O)(=O)c2ccccc2)c1. The zero-order valence-electron chi connectivity index (χ0n) is 17.1. The number of nitro benzene ring substituents is 1. The maximum atomic E-state index is 17.1. The van der Waals surface area contributed by atoms with Crippen LogP contribution in [-0.2, 0) is 19.7 Å². The number of aliphatic hydroxyl groups is 1. The Kier molecular flexibility index (Phi) is 6.96. The fourth-order valence-corrected chi connectivity index (χ4v) is 8.23. The molecule has 0 radical (unpaired) electrons. The second-order valence-electron chi connectivity index (χ2n) is 7.13. The summed E-state index contributed by atoms with van der Waals surface area (Å²) in [6.07, 6.45) is -0.629. The summed E-state index contributed by atoms with van der Waals surface area (Å²) in [7, 11) is -10.5. The third-order valence-electron chi connectivity index (χ3n) is 5.16. The highest BCUT2D eigenvalue weighted by Crippen LogP contribution is 2.48. The van der Waals surface area contributed by atoms with E-state index in [1.54, 1.807) is 0 Å². The molecule has 11 heteroatoms. The first-order chi connectivity index (χ1) is 15.6. The lowest BCUT2D eigenvalue weighted by Crippen LogP contribution is -2.47. The van der Waals surface area contributed by atoms with Crippen molar-refractivity contribution in [2.24, 2.45) is 0 Å². The van der Waals surface area contributed by atoms with E-state index < -0.39 is 63.4 Å². The van der Waals surface area contributed by atoms with Crippen LogP contribution < -0.4 is 0 Å². The van der Waals surface area contributed by atoms with Crippen LogP contribution in [0.1, 0.15) is 17.9 Å². The van der Waals surface area contributed by atoms with Crippen LogP contribution in [0.4, 0.5) is 10.1 Å². The lowest BCUT2D eigenvalue weighted by atomic mass is 9.96. The molecule has 8 nitrogen and oxygen atoms in total. The van der Waals surface area contributed by atoms with Crippen molar-refractivity contribution >= 4 is 25.4 Å². The van der Waals surface area contributed by atoms with Crippen molar-refractivity contribution in [1.29, 1.82) is 0 Å². The number of hydrogen-bond acceptors (Lipinski definition) is 7. The number of alkyl halides is 1. The minimum absolute atomic E-state index is 0.250. The smallest absolute Gasteiger partial charge is 0.324 e. The normalized spacial score (nSPS) is 13.4. The summed E-state index contributed by atoms with van der Waals surface area (Å²) in [6, 6.07) is 16.9. The predicted molar refractivity (Wildman–Crippen MR) is 119 cm³/mol. The average molecular weight is 494 g/mol. The van der Waals surface area contributed by atoms with Gasteiger partial charge in [-0.05, 0) is 36.2 Å². The van der Waals surface area contributed by atoms with E-state index in [1.165, 1.54) is 48.5 Å². The summed E-state index contributed by atoms with van der Waals surface area (Å²) >= 11 is 0. The molecule has 0 heterocycles. The van der Waals surface area contributed by atoms with Gasteiger partial charge in [0.25, 0.3) is 5.69 Å². The molecule has 3 aromatic carbocycles. The zero-order chi connectivity index (χ0) is 24.3. The van der Waals surface area contributed by atoms with Gasteiger partial charge in [0.2, 0.25) is 19.7 Å². The van der Waals surface area contributed by atoms with Crippen molar-refractivity contribution in [2.45, 2.75) is 26.5 Å². The van der Waals surface area contributed by atoms with Crippen molar-refractivity contribution < 1.29 is 31.3 Å². The van der Waals surface area contributed by atoms with Crippen molar-refractivity contribution in [2.75, 3.05) is 6.61 Å². The van der Waals surface area contributed by atoms with Crippen LogP contribution in [0.2, 0.25) is 0 Å². The number of hydrogen-bond donors (Lipinski definition) is 1. The summed E-state index contributed by atoms with van der Waals surface area (Å²) < 4.78 is 67.6. The van der Waals surface area contributed by atoms with Crippen LogP contribution in [0, 0.1) is 10.1 Å². The molecule has 0 aromatic heterocycles. The van der Waals surface area contributed by atoms with Gasteiger partial charge >= 0.3 is 4.33 Å². The highest BCUT2D eigenvalue weighted by Gasteiger charge is 2.62. The van der Waals surface area contributed by atoms with Gasteiger partial charge in [0.1, 0.15) is 0 Å². The summed E-state index contributed by atoms with van der Waals surface area (Å²) in [4.78, 5) is 9.31. The van der Waals surface area contributed by atoms with E-state index in [1.807, 2.05) is 0 Å². The molecule has 0 unspecified atom stereocenters. The molecule has 3 aromatic rings. The molecule has 33 heavy (non-hydrogen) atoms. The topological polar surface area (TPSA) is 132 Å². The van der Waals surface area contributed by atoms with Crippen LogP contribution in [-0.4, -0.2) is 37.8 Å². The van der Waals surface area contributed by atoms with E-state index in [9.17, 15) is 32.1 Å². The van der Waals surface area contributed by atoms with E-state index in [2.05, 4.69) is 0 Å². The van der Waals surface area contributed by atoms with Gasteiger partial charge in [0.15, 0.2) is 0 Å². The zero-order valence-corrected chi connectivity index (χ0v) is 18.7. The minimum Gasteiger partial charge on any atom is -0.396 e. The second-order valence-corrected chi connectivity index (χ2v) is 11.5. The third kappa shape index (κ3) is 4.26. The molecule has 0 amide bonds. The number of benzene rings is 3. The van der Waals surface area contributed by atoms with Gasteiger partial charge in [-0.3, -0.25) is 10.1 Å². The van der Waals surface area contributed by atoms with Crippen molar-refractivity contribution in [1.82, 2.24) is 0 Å². The molecule has 0 bridgehead atoms. The summed E-state index contributed by atoms with van der Waals surface area (Å²) in [6.45, 7) is -0.770. The van der Waals surface area contributed by atoms with Crippen molar-refractivity contribution in [3.05, 3.63) is 101 Å². The van der Waals surface area contributed by atoms with Crippen LogP contribution >= 0.6 is 0 Å². The van der Waals surface area contributed by atoms with Gasteiger partial charge in [-0.15, -0.1) is 0 Å². The summed E-state index contributed by atoms with van der Waals surface area (Å²) in [5.41, 5.74) is -0.730. The average Bonchev–Trinajstić information content (AvgIpc) is 2.83. The molecule has 0 aliphatic heterocycles. The van der Waals surface area contributed by atoms with E-state index in [-0.39, 0.29) is 5.56 Å². The lowest BCUT2D eigenvalue weighted by molar-refractivity contribution is -0.384. The lowest BCUT2D eigenvalue weighted by Gasteiger charge is -2.33. The molecule has 0 aliphatic rings. The Labute approximate surface area is 190 Å². The Hall–Kier alpha value is -3.15. The number of non-ortho nitro benzene ring substituents is 1. The Morgan fingerprint density at radius 1 is 0.848 bits per heavy atom. The van der Waals surface area contributed by atoms with E-state index >= 15 is 4.39 Å².